The molecule has 0 radical (unpaired) electrons. The molecule has 18 heavy (non-hydrogen) atoms. The quantitative estimate of drug-likeness (QED) is 0.659. The number of allylic oxidation sites excluding steroid dienone is 3. The van der Waals surface area contributed by atoms with Crippen LogP contribution in [0.3, 0.4) is 0 Å². The average Bonchev–Trinajstić information content (AvgIpc) is 2.39. The Labute approximate surface area is 117 Å². The third kappa shape index (κ3) is 3.39. The van der Waals surface area contributed by atoms with E-state index in [1.165, 1.54) is 5.56 Å². The molecule has 0 saturated carbocycles. The second-order valence-electron chi connectivity index (χ2n) is 4.26. The van der Waals surface area contributed by atoms with E-state index >= 15 is 0 Å². The zero-order valence-electron chi connectivity index (χ0n) is 10.4. The van der Waals surface area contributed by atoms with Gasteiger partial charge in [0.25, 0.3) is 0 Å². The number of aryl methyl sites for hydroxylation is 1. The fourth-order valence-electron chi connectivity index (χ4n) is 1.85. The number of benzene rings is 1. The Morgan fingerprint density at radius 2 is 2.00 bits per heavy atom. The van der Waals surface area contributed by atoms with E-state index in [4.69, 9.17) is 11.6 Å². The lowest BCUT2D eigenvalue weighted by atomic mass is 10.1. The van der Waals surface area contributed by atoms with Gasteiger partial charge in [0, 0.05) is 27.7 Å². The minimum atomic E-state index is -0.0554. The maximum Gasteiger partial charge on any atom is 0.106 e. The lowest BCUT2D eigenvalue weighted by Gasteiger charge is -2.13. The molecule has 0 bridgehead atoms. The standard InChI is InChI=1S/C15H16ClFS/c1-2-11-6-8-12(9-7-11)18-10-13-14(16)4-3-5-15(13)17/h4,6-9H,2-3,5,10H2,1H3. The molecule has 1 aliphatic rings. The van der Waals surface area contributed by atoms with Crippen molar-refractivity contribution in [2.45, 2.75) is 31.1 Å². The molecule has 96 valence electrons. The molecule has 0 aliphatic heterocycles. The van der Waals surface area contributed by atoms with Gasteiger partial charge in [0.1, 0.15) is 5.83 Å². The fourth-order valence-corrected chi connectivity index (χ4v) is 3.16. The number of rotatable bonds is 4. The molecule has 1 aromatic rings. The number of hydrogen-bond acceptors (Lipinski definition) is 1. The van der Waals surface area contributed by atoms with Crippen molar-refractivity contribution >= 4 is 23.4 Å². The summed E-state index contributed by atoms with van der Waals surface area (Å²) in [5.74, 6) is 0.548. The van der Waals surface area contributed by atoms with Crippen molar-refractivity contribution in [3.8, 4) is 0 Å². The number of hydrogen-bond donors (Lipinski definition) is 0. The Morgan fingerprint density at radius 3 is 2.61 bits per heavy atom. The van der Waals surface area contributed by atoms with Gasteiger partial charge in [-0.2, -0.15) is 0 Å². The van der Waals surface area contributed by atoms with Gasteiger partial charge in [0.15, 0.2) is 0 Å². The van der Waals surface area contributed by atoms with Gasteiger partial charge in [-0.3, -0.25) is 0 Å². The van der Waals surface area contributed by atoms with Gasteiger partial charge in [-0.1, -0.05) is 36.7 Å². The molecule has 0 aromatic heterocycles. The lowest BCUT2D eigenvalue weighted by molar-refractivity contribution is 0.577. The van der Waals surface area contributed by atoms with E-state index in [0.29, 0.717) is 29.2 Å². The van der Waals surface area contributed by atoms with Gasteiger partial charge >= 0.3 is 0 Å². The Kier molecular flexibility index (Phi) is 4.90. The normalized spacial score (nSPS) is 15.8. The molecule has 2 rings (SSSR count). The SMILES string of the molecule is CCc1ccc(SCC2=C(F)CCC=C2Cl)cc1. The van der Waals surface area contributed by atoms with E-state index in [1.807, 2.05) is 6.08 Å². The Balaban J connectivity index is 2.00. The number of halogens is 2. The maximum absolute atomic E-state index is 13.7. The van der Waals surface area contributed by atoms with E-state index in [0.717, 1.165) is 11.3 Å². The van der Waals surface area contributed by atoms with E-state index < -0.39 is 0 Å². The monoisotopic (exact) mass is 282 g/mol. The highest BCUT2D eigenvalue weighted by Crippen LogP contribution is 2.33. The van der Waals surface area contributed by atoms with Crippen LogP contribution in [0.25, 0.3) is 0 Å². The van der Waals surface area contributed by atoms with Gasteiger partial charge in [0.2, 0.25) is 0 Å². The second-order valence-corrected chi connectivity index (χ2v) is 5.72. The molecular formula is C15H16ClFS. The van der Waals surface area contributed by atoms with E-state index in [-0.39, 0.29) is 5.83 Å². The second kappa shape index (κ2) is 6.44. The summed E-state index contributed by atoms with van der Waals surface area (Å²) in [7, 11) is 0. The first-order valence-corrected chi connectivity index (χ1v) is 7.52. The molecule has 0 saturated heterocycles. The van der Waals surface area contributed by atoms with Crippen LogP contribution in [0.5, 0.6) is 0 Å². The van der Waals surface area contributed by atoms with Crippen LogP contribution in [0.1, 0.15) is 25.3 Å². The summed E-state index contributed by atoms with van der Waals surface area (Å²) in [6.07, 6.45) is 4.14. The summed E-state index contributed by atoms with van der Waals surface area (Å²) in [4.78, 5) is 1.16. The summed E-state index contributed by atoms with van der Waals surface area (Å²) < 4.78 is 13.7. The maximum atomic E-state index is 13.7. The Hall–Kier alpha value is -0.730. The summed E-state index contributed by atoms with van der Waals surface area (Å²) in [6, 6.07) is 8.40. The van der Waals surface area contributed by atoms with Gasteiger partial charge < -0.3 is 0 Å². The fraction of sp³-hybridized carbons (Fsp3) is 0.333. The molecule has 0 heterocycles. The summed E-state index contributed by atoms with van der Waals surface area (Å²) >= 11 is 7.67. The molecule has 0 N–H and O–H groups in total. The molecular weight excluding hydrogens is 267 g/mol. The Morgan fingerprint density at radius 1 is 1.28 bits per heavy atom. The predicted molar refractivity (Wildman–Crippen MR) is 77.8 cm³/mol. The van der Waals surface area contributed by atoms with Gasteiger partial charge in [-0.05, 0) is 30.5 Å². The van der Waals surface area contributed by atoms with Crippen molar-refractivity contribution in [1.29, 1.82) is 0 Å². The van der Waals surface area contributed by atoms with Crippen molar-refractivity contribution < 1.29 is 4.39 Å². The van der Waals surface area contributed by atoms with Crippen molar-refractivity contribution in [2.75, 3.05) is 5.75 Å². The molecule has 0 spiro atoms. The van der Waals surface area contributed by atoms with Crippen LogP contribution in [-0.4, -0.2) is 5.75 Å². The molecule has 0 atom stereocenters. The van der Waals surface area contributed by atoms with E-state index in [9.17, 15) is 4.39 Å². The highest BCUT2D eigenvalue weighted by molar-refractivity contribution is 7.99. The zero-order chi connectivity index (χ0) is 13.0. The molecule has 3 heteroatoms. The first-order chi connectivity index (χ1) is 8.70. The van der Waals surface area contributed by atoms with E-state index in [2.05, 4.69) is 31.2 Å². The highest BCUT2D eigenvalue weighted by Gasteiger charge is 2.14. The van der Waals surface area contributed by atoms with Gasteiger partial charge in [-0.25, -0.2) is 4.39 Å². The highest BCUT2D eigenvalue weighted by atomic mass is 35.5. The van der Waals surface area contributed by atoms with Crippen LogP contribution in [0.2, 0.25) is 0 Å². The van der Waals surface area contributed by atoms with Crippen LogP contribution in [0.4, 0.5) is 4.39 Å². The topological polar surface area (TPSA) is 0 Å². The molecule has 0 nitrogen and oxygen atoms in total. The van der Waals surface area contributed by atoms with Gasteiger partial charge in [-0.15, -0.1) is 11.8 Å². The van der Waals surface area contributed by atoms with E-state index in [1.54, 1.807) is 11.8 Å². The molecule has 1 aromatic carbocycles. The van der Waals surface area contributed by atoms with Crippen molar-refractivity contribution in [3.63, 3.8) is 0 Å². The Bertz CT molecular complexity index is 474. The zero-order valence-corrected chi connectivity index (χ0v) is 12.0. The number of thioether (sulfide) groups is 1. The van der Waals surface area contributed by atoms with Crippen LogP contribution >= 0.6 is 23.4 Å². The first kappa shape index (κ1) is 13.7. The minimum Gasteiger partial charge on any atom is -0.211 e. The first-order valence-electron chi connectivity index (χ1n) is 6.16. The average molecular weight is 283 g/mol. The third-order valence-electron chi connectivity index (χ3n) is 3.02. The molecule has 0 fully saturated rings. The molecule has 0 unspecified atom stereocenters. The lowest BCUT2D eigenvalue weighted by Crippen LogP contribution is -1.97. The summed E-state index contributed by atoms with van der Waals surface area (Å²) in [6.45, 7) is 2.13. The third-order valence-corrected chi connectivity index (χ3v) is 4.44. The van der Waals surface area contributed by atoms with Crippen LogP contribution < -0.4 is 0 Å². The van der Waals surface area contributed by atoms with Crippen LogP contribution in [-0.2, 0) is 6.42 Å². The minimum absolute atomic E-state index is 0.0554. The van der Waals surface area contributed by atoms with Crippen molar-refractivity contribution in [1.82, 2.24) is 0 Å². The molecule has 1 aliphatic carbocycles. The van der Waals surface area contributed by atoms with Crippen LogP contribution in [0.15, 0.2) is 51.7 Å². The van der Waals surface area contributed by atoms with Crippen molar-refractivity contribution in [2.24, 2.45) is 0 Å². The summed E-state index contributed by atoms with van der Waals surface area (Å²) in [5, 5.41) is 0.580. The van der Waals surface area contributed by atoms with Crippen LogP contribution in [0, 0.1) is 0 Å². The largest absolute Gasteiger partial charge is 0.211 e. The van der Waals surface area contributed by atoms with Crippen molar-refractivity contribution in [3.05, 3.63) is 52.3 Å². The summed E-state index contributed by atoms with van der Waals surface area (Å²) in [5.41, 5.74) is 1.98. The molecule has 0 amide bonds. The predicted octanol–water partition coefficient (Wildman–Crippen LogP) is 5.48. The smallest absolute Gasteiger partial charge is 0.106 e. The van der Waals surface area contributed by atoms with Gasteiger partial charge in [0.05, 0.1) is 0 Å².